The summed E-state index contributed by atoms with van der Waals surface area (Å²) >= 11 is 0. The summed E-state index contributed by atoms with van der Waals surface area (Å²) in [7, 11) is 0. The lowest BCUT2D eigenvalue weighted by atomic mass is 9.95. The fourth-order valence-electron chi connectivity index (χ4n) is 1.96. The molecule has 1 atom stereocenters. The van der Waals surface area contributed by atoms with Crippen molar-refractivity contribution in [2.75, 3.05) is 6.54 Å². The van der Waals surface area contributed by atoms with Gasteiger partial charge in [-0.05, 0) is 44.7 Å². The Kier molecular flexibility index (Phi) is 6.05. The van der Waals surface area contributed by atoms with Crippen LogP contribution in [0.4, 0.5) is 0 Å². The van der Waals surface area contributed by atoms with E-state index in [0.717, 1.165) is 6.42 Å². The molecule has 3 N–H and O–H groups in total. The Morgan fingerprint density at radius 2 is 2.00 bits per heavy atom. The van der Waals surface area contributed by atoms with Gasteiger partial charge in [0.1, 0.15) is 5.69 Å². The highest BCUT2D eigenvalue weighted by Gasteiger charge is 2.22. The van der Waals surface area contributed by atoms with Gasteiger partial charge in [-0.3, -0.25) is 4.79 Å². The predicted molar refractivity (Wildman–Crippen MR) is 83.0 cm³/mol. The molecule has 1 amide bonds. The van der Waals surface area contributed by atoms with E-state index >= 15 is 0 Å². The molecule has 6 nitrogen and oxygen atoms in total. The van der Waals surface area contributed by atoms with Crippen LogP contribution in [0.3, 0.4) is 0 Å². The van der Waals surface area contributed by atoms with E-state index in [2.05, 4.69) is 24.1 Å². The molecule has 0 aliphatic rings. The number of hydrogen-bond acceptors (Lipinski definition) is 4. The van der Waals surface area contributed by atoms with Crippen molar-refractivity contribution in [3.05, 3.63) is 29.1 Å². The minimum absolute atomic E-state index is 0.0699. The van der Waals surface area contributed by atoms with Gasteiger partial charge in [-0.2, -0.15) is 0 Å². The highest BCUT2D eigenvalue weighted by atomic mass is 16.4. The van der Waals surface area contributed by atoms with Gasteiger partial charge in [-0.25, -0.2) is 9.78 Å². The van der Waals surface area contributed by atoms with E-state index in [0.29, 0.717) is 12.3 Å². The largest absolute Gasteiger partial charge is 0.478 e. The lowest BCUT2D eigenvalue weighted by molar-refractivity contribution is 0.0428. The second kappa shape index (κ2) is 7.35. The molecule has 1 unspecified atom stereocenters. The Hall–Kier alpha value is -1.95. The summed E-state index contributed by atoms with van der Waals surface area (Å²) in [4.78, 5) is 26.9. The molecule has 0 aliphatic carbocycles. The normalized spacial score (nSPS) is 13.7. The van der Waals surface area contributed by atoms with Gasteiger partial charge >= 0.3 is 5.97 Å². The number of carboxylic acid groups (broad SMARTS) is 1. The molecule has 22 heavy (non-hydrogen) atoms. The van der Waals surface area contributed by atoms with E-state index in [9.17, 15) is 14.7 Å². The second-order valence-corrected chi connectivity index (χ2v) is 6.25. The van der Waals surface area contributed by atoms with Gasteiger partial charge < -0.3 is 15.5 Å². The molecule has 6 heteroatoms. The predicted octanol–water partition coefficient (Wildman–Crippen LogP) is 2.01. The number of nitrogens with zero attached hydrogens (tertiary/aromatic N) is 1. The maximum absolute atomic E-state index is 12.0. The molecule has 0 aliphatic heterocycles. The average Bonchev–Trinajstić information content (AvgIpc) is 2.42. The Labute approximate surface area is 130 Å². The first-order chi connectivity index (χ1) is 10.1. The van der Waals surface area contributed by atoms with Crippen molar-refractivity contribution < 1.29 is 19.8 Å². The third kappa shape index (κ3) is 5.44. The minimum Gasteiger partial charge on any atom is -0.478 e. The summed E-state index contributed by atoms with van der Waals surface area (Å²) < 4.78 is 0. The van der Waals surface area contributed by atoms with Crippen LogP contribution in [0.2, 0.25) is 0 Å². The summed E-state index contributed by atoms with van der Waals surface area (Å²) in [6.07, 6.45) is 1.46. The second-order valence-electron chi connectivity index (χ2n) is 6.25. The van der Waals surface area contributed by atoms with Crippen LogP contribution in [-0.4, -0.2) is 39.2 Å². The van der Waals surface area contributed by atoms with Crippen LogP contribution in [0.15, 0.2) is 12.1 Å². The monoisotopic (exact) mass is 308 g/mol. The smallest absolute Gasteiger partial charge is 0.337 e. The van der Waals surface area contributed by atoms with Crippen LogP contribution < -0.4 is 5.32 Å². The lowest BCUT2D eigenvalue weighted by Gasteiger charge is -2.24. The SMILES string of the molecule is Cc1nc(C(=O)NCC(C)(O)CCC(C)C)ccc1C(=O)O. The van der Waals surface area contributed by atoms with Gasteiger partial charge in [0.05, 0.1) is 16.9 Å². The number of hydrogen-bond donors (Lipinski definition) is 3. The van der Waals surface area contributed by atoms with Crippen LogP contribution in [0.25, 0.3) is 0 Å². The van der Waals surface area contributed by atoms with Crippen LogP contribution in [0, 0.1) is 12.8 Å². The fourth-order valence-corrected chi connectivity index (χ4v) is 1.96. The van der Waals surface area contributed by atoms with Crippen LogP contribution in [0.5, 0.6) is 0 Å². The van der Waals surface area contributed by atoms with E-state index in [1.165, 1.54) is 12.1 Å². The molecule has 1 aromatic rings. The summed E-state index contributed by atoms with van der Waals surface area (Å²) in [6, 6.07) is 2.73. The van der Waals surface area contributed by atoms with E-state index < -0.39 is 17.5 Å². The van der Waals surface area contributed by atoms with Gasteiger partial charge in [0, 0.05) is 6.54 Å². The molecular formula is C16H24N2O4. The molecule has 0 bridgehead atoms. The highest BCUT2D eigenvalue weighted by Crippen LogP contribution is 2.15. The standard InChI is InChI=1S/C16H24N2O4/c1-10(2)7-8-16(4,22)9-17-14(19)13-6-5-12(15(20)21)11(3)18-13/h5-6,10,22H,7-9H2,1-4H3,(H,17,19)(H,20,21). The number of aryl methyl sites for hydroxylation is 1. The molecule has 1 aromatic heterocycles. The lowest BCUT2D eigenvalue weighted by Crippen LogP contribution is -2.41. The Balaban J connectivity index is 2.66. The van der Waals surface area contributed by atoms with Crippen molar-refractivity contribution >= 4 is 11.9 Å². The molecular weight excluding hydrogens is 284 g/mol. The van der Waals surface area contributed by atoms with Crippen molar-refractivity contribution in [3.63, 3.8) is 0 Å². The highest BCUT2D eigenvalue weighted by molar-refractivity contribution is 5.94. The summed E-state index contributed by atoms with van der Waals surface area (Å²) in [6.45, 7) is 7.50. The molecule has 0 fully saturated rings. The average molecular weight is 308 g/mol. The minimum atomic E-state index is -1.08. The van der Waals surface area contributed by atoms with Crippen molar-refractivity contribution in [1.82, 2.24) is 10.3 Å². The maximum atomic E-state index is 12.0. The number of aromatic nitrogens is 1. The zero-order valence-electron chi connectivity index (χ0n) is 13.5. The molecule has 1 rings (SSSR count). The number of amides is 1. The number of aromatic carboxylic acids is 1. The molecule has 0 spiro atoms. The van der Waals surface area contributed by atoms with Crippen molar-refractivity contribution in [1.29, 1.82) is 0 Å². The summed E-state index contributed by atoms with van der Waals surface area (Å²) in [5, 5.41) is 21.8. The molecule has 0 radical (unpaired) electrons. The number of carbonyl (C=O) groups is 2. The number of carboxylic acids is 1. The number of rotatable bonds is 7. The van der Waals surface area contributed by atoms with Crippen molar-refractivity contribution in [3.8, 4) is 0 Å². The Morgan fingerprint density at radius 3 is 2.50 bits per heavy atom. The van der Waals surface area contributed by atoms with Crippen LogP contribution >= 0.6 is 0 Å². The molecule has 0 aromatic carbocycles. The molecule has 0 saturated heterocycles. The first kappa shape index (κ1) is 18.1. The van der Waals surface area contributed by atoms with Gasteiger partial charge in [0.15, 0.2) is 0 Å². The number of aliphatic hydroxyl groups is 1. The molecule has 122 valence electrons. The van der Waals surface area contributed by atoms with E-state index in [1.54, 1.807) is 13.8 Å². The number of nitrogens with one attached hydrogen (secondary N) is 1. The van der Waals surface area contributed by atoms with Gasteiger partial charge in [0.2, 0.25) is 0 Å². The topological polar surface area (TPSA) is 99.5 Å². The van der Waals surface area contributed by atoms with Gasteiger partial charge in [-0.15, -0.1) is 0 Å². The third-order valence-corrected chi connectivity index (χ3v) is 3.44. The number of carbonyl (C=O) groups excluding carboxylic acids is 1. The molecule has 1 heterocycles. The van der Waals surface area contributed by atoms with Gasteiger partial charge in [0.25, 0.3) is 5.91 Å². The quantitative estimate of drug-likeness (QED) is 0.715. The zero-order valence-corrected chi connectivity index (χ0v) is 13.5. The maximum Gasteiger partial charge on any atom is 0.337 e. The van der Waals surface area contributed by atoms with E-state index in [1.807, 2.05) is 0 Å². The number of pyridine rings is 1. The van der Waals surface area contributed by atoms with Crippen molar-refractivity contribution in [2.45, 2.75) is 46.1 Å². The van der Waals surface area contributed by atoms with E-state index in [4.69, 9.17) is 5.11 Å². The molecule has 0 saturated carbocycles. The van der Waals surface area contributed by atoms with Crippen LogP contribution in [-0.2, 0) is 0 Å². The summed E-state index contributed by atoms with van der Waals surface area (Å²) in [5.41, 5.74) is -0.481. The first-order valence-corrected chi connectivity index (χ1v) is 7.34. The zero-order chi connectivity index (χ0) is 16.9. The summed E-state index contributed by atoms with van der Waals surface area (Å²) in [5.74, 6) is -1.02. The first-order valence-electron chi connectivity index (χ1n) is 7.34. The fraction of sp³-hybridized carbons (Fsp3) is 0.562. The Bertz CT molecular complexity index is 553. The van der Waals surface area contributed by atoms with Gasteiger partial charge in [-0.1, -0.05) is 13.8 Å². The van der Waals surface area contributed by atoms with Crippen LogP contribution in [0.1, 0.15) is 60.2 Å². The Morgan fingerprint density at radius 1 is 1.36 bits per heavy atom. The van der Waals surface area contributed by atoms with Crippen molar-refractivity contribution in [2.24, 2.45) is 5.92 Å². The third-order valence-electron chi connectivity index (χ3n) is 3.44. The van der Waals surface area contributed by atoms with E-state index in [-0.39, 0.29) is 23.5 Å².